The van der Waals surface area contributed by atoms with Crippen LogP contribution in [-0.4, -0.2) is 8.42 Å². The number of hydrogen-bond donors (Lipinski definition) is 0. The minimum absolute atomic E-state index is 0.175. The van der Waals surface area contributed by atoms with Gasteiger partial charge in [0.1, 0.15) is 0 Å². The summed E-state index contributed by atoms with van der Waals surface area (Å²) in [6, 6.07) is 24.5. The molecule has 140 valence electrons. The second-order valence-corrected chi connectivity index (χ2v) is 8.45. The number of hydrogen-bond acceptors (Lipinski definition) is 2. The van der Waals surface area contributed by atoms with E-state index in [9.17, 15) is 8.42 Å². The zero-order chi connectivity index (χ0) is 19.7. The van der Waals surface area contributed by atoms with Crippen molar-refractivity contribution in [1.82, 2.24) is 0 Å². The molecule has 0 N–H and O–H groups in total. The molecular formula is C23H20N2O2S. The van der Waals surface area contributed by atoms with Crippen molar-refractivity contribution in [3.8, 4) is 11.3 Å². The van der Waals surface area contributed by atoms with Gasteiger partial charge in [-0.2, -0.15) is 0 Å². The van der Waals surface area contributed by atoms with Crippen LogP contribution in [0.4, 0.5) is 0 Å². The zero-order valence-corrected chi connectivity index (χ0v) is 16.5. The quantitative estimate of drug-likeness (QED) is 0.465. The number of sulfonamides is 1. The van der Waals surface area contributed by atoms with Crippen LogP contribution in [0.25, 0.3) is 26.9 Å². The fourth-order valence-electron chi connectivity index (χ4n) is 3.06. The van der Waals surface area contributed by atoms with Gasteiger partial charge in [-0.15, -0.1) is 0 Å². The van der Waals surface area contributed by atoms with E-state index in [1.54, 1.807) is 30.5 Å². The molecule has 0 bridgehead atoms. The molecule has 0 spiro atoms. The molecule has 0 aliphatic heterocycles. The molecule has 0 atom stereocenters. The van der Waals surface area contributed by atoms with Gasteiger partial charge < -0.3 is 4.83 Å². The fraction of sp³-hybridized carbons (Fsp3) is 0.0870. The molecule has 1 aromatic heterocycles. The topological polar surface area (TPSA) is 52.1 Å². The Morgan fingerprint density at radius 1 is 0.750 bits per heavy atom. The first kappa shape index (κ1) is 18.2. The Morgan fingerprint density at radius 3 is 1.96 bits per heavy atom. The van der Waals surface area contributed by atoms with Gasteiger partial charge in [-0.1, -0.05) is 53.6 Å². The summed E-state index contributed by atoms with van der Waals surface area (Å²) in [5.41, 5.74) is 3.76. The minimum atomic E-state index is -3.85. The maximum atomic E-state index is 12.9. The summed E-state index contributed by atoms with van der Waals surface area (Å²) in [6.45, 7) is 3.94. The van der Waals surface area contributed by atoms with E-state index in [2.05, 4.69) is 4.83 Å². The molecule has 1 heterocycles. The molecule has 5 heteroatoms. The van der Waals surface area contributed by atoms with Gasteiger partial charge in [0.05, 0.1) is 4.90 Å². The van der Waals surface area contributed by atoms with Crippen LogP contribution in [0.3, 0.4) is 0 Å². The lowest BCUT2D eigenvalue weighted by Crippen LogP contribution is -2.34. The maximum absolute atomic E-state index is 12.9. The predicted octanol–water partition coefficient (Wildman–Crippen LogP) is 4.94. The van der Waals surface area contributed by atoms with Gasteiger partial charge in [0.2, 0.25) is 5.69 Å². The number of aromatic nitrogens is 1. The Hall–Kier alpha value is -3.18. The lowest BCUT2D eigenvalue weighted by atomic mass is 10.1. The van der Waals surface area contributed by atoms with E-state index in [4.69, 9.17) is 0 Å². The summed E-state index contributed by atoms with van der Waals surface area (Å²) < 4.78 is 27.3. The van der Waals surface area contributed by atoms with Crippen LogP contribution >= 0.6 is 0 Å². The van der Waals surface area contributed by atoms with Crippen molar-refractivity contribution in [3.63, 3.8) is 0 Å². The number of benzene rings is 3. The van der Waals surface area contributed by atoms with Crippen molar-refractivity contribution in [2.24, 2.45) is 0 Å². The van der Waals surface area contributed by atoms with E-state index < -0.39 is 10.0 Å². The van der Waals surface area contributed by atoms with E-state index in [1.165, 1.54) is 4.68 Å². The molecule has 0 saturated carbocycles. The molecule has 0 fully saturated rings. The van der Waals surface area contributed by atoms with E-state index >= 15 is 0 Å². The van der Waals surface area contributed by atoms with Crippen LogP contribution in [0.5, 0.6) is 0 Å². The minimum Gasteiger partial charge on any atom is -0.317 e. The van der Waals surface area contributed by atoms with Crippen molar-refractivity contribution in [3.05, 3.63) is 101 Å². The van der Waals surface area contributed by atoms with E-state index in [-0.39, 0.29) is 4.90 Å². The normalized spacial score (nSPS) is 11.5. The molecule has 4 aromatic rings. The Labute approximate surface area is 165 Å². The van der Waals surface area contributed by atoms with Crippen molar-refractivity contribution < 1.29 is 13.1 Å². The Balaban J connectivity index is 1.85. The zero-order valence-electron chi connectivity index (χ0n) is 15.7. The van der Waals surface area contributed by atoms with Crippen molar-refractivity contribution >= 4 is 20.8 Å². The molecule has 28 heavy (non-hydrogen) atoms. The highest BCUT2D eigenvalue weighted by atomic mass is 32.2. The highest BCUT2D eigenvalue weighted by molar-refractivity contribution is 7.93. The Morgan fingerprint density at radius 2 is 1.32 bits per heavy atom. The Bertz CT molecular complexity index is 1250. The standard InChI is InChI=1S/C23H20N2O2S/c1-17-7-11-19(12-8-17)23-15-20-5-3-4-6-21(20)16-25(23)24-28(26,27)22-13-9-18(2)10-14-22/h3-16H,1-2H3. The van der Waals surface area contributed by atoms with Crippen LogP contribution in [-0.2, 0) is 10.0 Å². The van der Waals surface area contributed by atoms with Crippen molar-refractivity contribution in [2.75, 3.05) is 0 Å². The third kappa shape index (κ3) is 3.62. The van der Waals surface area contributed by atoms with E-state index in [0.29, 0.717) is 0 Å². The van der Waals surface area contributed by atoms with Gasteiger partial charge in [-0.05, 0) is 49.6 Å². The summed E-state index contributed by atoms with van der Waals surface area (Å²) in [7, 11) is -3.85. The maximum Gasteiger partial charge on any atom is 0.209 e. The lowest BCUT2D eigenvalue weighted by molar-refractivity contribution is -0.600. The molecular weight excluding hydrogens is 368 g/mol. The molecule has 0 unspecified atom stereocenters. The van der Waals surface area contributed by atoms with Crippen LogP contribution in [0.1, 0.15) is 11.1 Å². The number of nitrogens with zero attached hydrogens (tertiary/aromatic N) is 2. The number of pyridine rings is 1. The highest BCUT2D eigenvalue weighted by Gasteiger charge is 2.15. The number of fused-ring (bicyclic) bond motifs is 1. The van der Waals surface area contributed by atoms with Crippen molar-refractivity contribution in [1.29, 1.82) is 0 Å². The third-order valence-corrected chi connectivity index (χ3v) is 5.92. The van der Waals surface area contributed by atoms with Crippen LogP contribution < -0.4 is 4.68 Å². The first-order chi connectivity index (χ1) is 13.4. The van der Waals surface area contributed by atoms with Gasteiger partial charge >= 0.3 is 0 Å². The summed E-state index contributed by atoms with van der Waals surface area (Å²) in [5, 5.41) is 1.94. The first-order valence-corrected chi connectivity index (χ1v) is 10.4. The molecule has 0 saturated heterocycles. The smallest absolute Gasteiger partial charge is 0.209 e. The summed E-state index contributed by atoms with van der Waals surface area (Å²) >= 11 is 0. The van der Waals surface area contributed by atoms with Gasteiger partial charge in [0.15, 0.2) is 16.2 Å². The first-order valence-electron chi connectivity index (χ1n) is 8.99. The predicted molar refractivity (Wildman–Crippen MR) is 111 cm³/mol. The molecule has 0 radical (unpaired) electrons. The molecule has 4 rings (SSSR count). The van der Waals surface area contributed by atoms with Crippen LogP contribution in [0.15, 0.2) is 90.0 Å². The fourth-order valence-corrected chi connectivity index (χ4v) is 4.00. The molecule has 0 amide bonds. The summed E-state index contributed by atoms with van der Waals surface area (Å²) in [4.78, 5) is 4.30. The molecule has 3 aromatic carbocycles. The van der Waals surface area contributed by atoms with E-state index in [1.807, 2.05) is 68.4 Å². The van der Waals surface area contributed by atoms with E-state index in [0.717, 1.165) is 33.2 Å². The highest BCUT2D eigenvalue weighted by Crippen LogP contribution is 2.24. The van der Waals surface area contributed by atoms with Crippen LogP contribution in [0, 0.1) is 13.8 Å². The SMILES string of the molecule is Cc1ccc(-c2cc3ccccc3c[n+]2[N-]S(=O)(=O)c2ccc(C)cc2)cc1. The molecule has 0 aliphatic rings. The number of aryl methyl sites for hydroxylation is 2. The lowest BCUT2D eigenvalue weighted by Gasteiger charge is -2.18. The second kappa shape index (κ2) is 7.09. The largest absolute Gasteiger partial charge is 0.317 e. The second-order valence-electron chi connectivity index (χ2n) is 6.87. The van der Waals surface area contributed by atoms with Gasteiger partial charge in [0.25, 0.3) is 0 Å². The molecule has 4 nitrogen and oxygen atoms in total. The average Bonchev–Trinajstić information content (AvgIpc) is 2.68. The average molecular weight is 388 g/mol. The van der Waals surface area contributed by atoms with Gasteiger partial charge in [-0.3, -0.25) is 0 Å². The summed E-state index contributed by atoms with van der Waals surface area (Å²) in [6.07, 6.45) is 1.76. The third-order valence-electron chi connectivity index (χ3n) is 4.66. The molecule has 0 aliphatic carbocycles. The number of rotatable bonds is 4. The van der Waals surface area contributed by atoms with Gasteiger partial charge in [-0.25, -0.2) is 13.1 Å². The van der Waals surface area contributed by atoms with Gasteiger partial charge in [0, 0.05) is 17.0 Å². The van der Waals surface area contributed by atoms with Crippen LogP contribution in [0.2, 0.25) is 0 Å². The van der Waals surface area contributed by atoms with Crippen molar-refractivity contribution in [2.45, 2.75) is 18.7 Å². The monoisotopic (exact) mass is 388 g/mol. The summed E-state index contributed by atoms with van der Waals surface area (Å²) in [5.74, 6) is 0. The Kier molecular flexibility index (Phi) is 4.61.